The van der Waals surface area contributed by atoms with Gasteiger partial charge in [0.25, 0.3) is 0 Å². The molecule has 0 aromatic heterocycles. The molecule has 0 saturated carbocycles. The molecule has 1 amide bonds. The first-order chi connectivity index (χ1) is 12.1. The lowest BCUT2D eigenvalue weighted by Gasteiger charge is -2.15. The third kappa shape index (κ3) is 6.57. The van der Waals surface area contributed by atoms with Crippen molar-refractivity contribution < 1.29 is 9.53 Å². The summed E-state index contributed by atoms with van der Waals surface area (Å²) in [7, 11) is 4.01. The average molecular weight is 341 g/mol. The fourth-order valence-corrected chi connectivity index (χ4v) is 2.41. The number of amides is 1. The molecule has 134 valence electrons. The van der Waals surface area contributed by atoms with Gasteiger partial charge in [0.05, 0.1) is 0 Å². The Balaban J connectivity index is 1.85. The second kappa shape index (κ2) is 9.81. The third-order valence-corrected chi connectivity index (χ3v) is 3.88. The molecular formula is C20H27N3O2. The molecule has 0 aliphatic carbocycles. The van der Waals surface area contributed by atoms with Gasteiger partial charge in [-0.2, -0.15) is 0 Å². The van der Waals surface area contributed by atoms with E-state index >= 15 is 0 Å². The molecule has 2 aromatic rings. The van der Waals surface area contributed by atoms with E-state index in [0.29, 0.717) is 13.2 Å². The zero-order chi connectivity index (χ0) is 18.1. The summed E-state index contributed by atoms with van der Waals surface area (Å²) in [5, 5.41) is 2.93. The Labute approximate surface area is 149 Å². The van der Waals surface area contributed by atoms with Crippen molar-refractivity contribution in [1.82, 2.24) is 10.2 Å². The number of likely N-dealkylation sites (N-methyl/N-ethyl adjacent to an activating group) is 1. The van der Waals surface area contributed by atoms with E-state index in [4.69, 9.17) is 10.5 Å². The van der Waals surface area contributed by atoms with Crippen LogP contribution >= 0.6 is 0 Å². The van der Waals surface area contributed by atoms with E-state index in [2.05, 4.69) is 10.2 Å². The largest absolute Gasteiger partial charge is 0.492 e. The molecule has 1 atom stereocenters. The van der Waals surface area contributed by atoms with Gasteiger partial charge in [-0.05, 0) is 25.7 Å². The molecule has 0 heterocycles. The van der Waals surface area contributed by atoms with E-state index in [1.807, 2.05) is 68.7 Å². The highest BCUT2D eigenvalue weighted by atomic mass is 16.5. The normalized spacial score (nSPS) is 12.0. The molecule has 5 nitrogen and oxygen atoms in total. The van der Waals surface area contributed by atoms with Crippen molar-refractivity contribution in [2.45, 2.75) is 19.0 Å². The number of benzene rings is 2. The molecule has 0 saturated heterocycles. The second-order valence-electron chi connectivity index (χ2n) is 6.26. The van der Waals surface area contributed by atoms with E-state index in [1.165, 1.54) is 0 Å². The first kappa shape index (κ1) is 19.0. The summed E-state index contributed by atoms with van der Waals surface area (Å²) in [5.74, 6) is 0.733. The number of nitrogens with two attached hydrogens (primary N) is 1. The zero-order valence-electron chi connectivity index (χ0n) is 14.9. The summed E-state index contributed by atoms with van der Waals surface area (Å²) >= 11 is 0. The Bertz CT molecular complexity index is 659. The van der Waals surface area contributed by atoms with Gasteiger partial charge in [0.2, 0.25) is 5.91 Å². The predicted octanol–water partition coefficient (Wildman–Crippen LogP) is 2.33. The Morgan fingerprint density at radius 1 is 1.12 bits per heavy atom. The first-order valence-electron chi connectivity index (χ1n) is 8.49. The lowest BCUT2D eigenvalue weighted by molar-refractivity contribution is -0.121. The van der Waals surface area contributed by atoms with Crippen LogP contribution in [0.4, 0.5) is 0 Å². The molecule has 0 radical (unpaired) electrons. The molecule has 1 unspecified atom stereocenters. The van der Waals surface area contributed by atoms with Gasteiger partial charge < -0.3 is 20.7 Å². The highest BCUT2D eigenvalue weighted by Gasteiger charge is 2.12. The Kier molecular flexibility index (Phi) is 7.44. The number of para-hydroxylation sites is 1. The van der Waals surface area contributed by atoms with Crippen molar-refractivity contribution in [1.29, 1.82) is 0 Å². The number of hydrogen-bond donors (Lipinski definition) is 2. The Morgan fingerprint density at radius 3 is 2.52 bits per heavy atom. The van der Waals surface area contributed by atoms with Gasteiger partial charge in [0, 0.05) is 31.1 Å². The van der Waals surface area contributed by atoms with Gasteiger partial charge in [-0.3, -0.25) is 4.79 Å². The number of carbonyl (C=O) groups excluding carboxylic acids is 1. The maximum absolute atomic E-state index is 12.2. The molecule has 0 fully saturated rings. The Hall–Kier alpha value is -2.37. The molecule has 0 spiro atoms. The molecule has 0 aliphatic heterocycles. The number of carbonyl (C=O) groups is 1. The van der Waals surface area contributed by atoms with Gasteiger partial charge in [0.1, 0.15) is 12.4 Å². The van der Waals surface area contributed by atoms with Crippen LogP contribution < -0.4 is 15.8 Å². The lowest BCUT2D eigenvalue weighted by atomic mass is 10.0. The number of hydrogen-bond acceptors (Lipinski definition) is 4. The van der Waals surface area contributed by atoms with Gasteiger partial charge in [-0.25, -0.2) is 0 Å². The standard InChI is InChI=1S/C20H27N3O2/c1-23(2)12-13-25-19-11-7-6-10-17(19)15-22-20(24)14-18(21)16-8-4-3-5-9-16/h3-11,18H,12-15,21H2,1-2H3,(H,22,24). The average Bonchev–Trinajstić information content (AvgIpc) is 2.61. The summed E-state index contributed by atoms with van der Waals surface area (Å²) in [6.07, 6.45) is 0.258. The molecule has 0 bridgehead atoms. The summed E-state index contributed by atoms with van der Waals surface area (Å²) in [4.78, 5) is 14.2. The third-order valence-electron chi connectivity index (χ3n) is 3.88. The number of nitrogens with one attached hydrogen (secondary N) is 1. The minimum atomic E-state index is -0.298. The van der Waals surface area contributed by atoms with Crippen LogP contribution in [-0.2, 0) is 11.3 Å². The molecule has 0 aliphatic rings. The Morgan fingerprint density at radius 2 is 1.80 bits per heavy atom. The minimum Gasteiger partial charge on any atom is -0.492 e. The summed E-state index contributed by atoms with van der Waals surface area (Å²) < 4.78 is 5.81. The van der Waals surface area contributed by atoms with Gasteiger partial charge in [0.15, 0.2) is 0 Å². The number of ether oxygens (including phenoxy) is 1. The fourth-order valence-electron chi connectivity index (χ4n) is 2.41. The topological polar surface area (TPSA) is 67.6 Å². The number of nitrogens with zero attached hydrogens (tertiary/aromatic N) is 1. The first-order valence-corrected chi connectivity index (χ1v) is 8.49. The maximum atomic E-state index is 12.2. The van der Waals surface area contributed by atoms with E-state index in [0.717, 1.165) is 23.4 Å². The van der Waals surface area contributed by atoms with Crippen molar-refractivity contribution >= 4 is 5.91 Å². The van der Waals surface area contributed by atoms with Crippen LogP contribution in [0.5, 0.6) is 5.75 Å². The van der Waals surface area contributed by atoms with Gasteiger partial charge in [-0.1, -0.05) is 48.5 Å². The van der Waals surface area contributed by atoms with Crippen molar-refractivity contribution in [3.05, 3.63) is 65.7 Å². The second-order valence-corrected chi connectivity index (χ2v) is 6.26. The van der Waals surface area contributed by atoms with Crippen LogP contribution in [0, 0.1) is 0 Å². The van der Waals surface area contributed by atoms with Crippen molar-refractivity contribution in [2.24, 2.45) is 5.73 Å². The van der Waals surface area contributed by atoms with E-state index in [1.54, 1.807) is 0 Å². The molecular weight excluding hydrogens is 314 g/mol. The monoisotopic (exact) mass is 341 g/mol. The van der Waals surface area contributed by atoms with Crippen LogP contribution in [0.1, 0.15) is 23.6 Å². The summed E-state index contributed by atoms with van der Waals surface area (Å²) in [5.41, 5.74) is 8.02. The lowest BCUT2D eigenvalue weighted by Crippen LogP contribution is -2.27. The zero-order valence-corrected chi connectivity index (χ0v) is 14.9. The number of rotatable bonds is 9. The smallest absolute Gasteiger partial charge is 0.222 e. The molecule has 5 heteroatoms. The fraction of sp³-hybridized carbons (Fsp3) is 0.350. The maximum Gasteiger partial charge on any atom is 0.222 e. The highest BCUT2D eigenvalue weighted by Crippen LogP contribution is 2.18. The van der Waals surface area contributed by atoms with Gasteiger partial charge in [-0.15, -0.1) is 0 Å². The van der Waals surface area contributed by atoms with Crippen LogP contribution in [0.3, 0.4) is 0 Å². The van der Waals surface area contributed by atoms with Gasteiger partial charge >= 0.3 is 0 Å². The van der Waals surface area contributed by atoms with Crippen molar-refractivity contribution in [2.75, 3.05) is 27.2 Å². The van der Waals surface area contributed by atoms with Crippen molar-refractivity contribution in [3.63, 3.8) is 0 Å². The van der Waals surface area contributed by atoms with E-state index in [9.17, 15) is 4.79 Å². The van der Waals surface area contributed by atoms with Crippen LogP contribution in [0.15, 0.2) is 54.6 Å². The molecule has 25 heavy (non-hydrogen) atoms. The van der Waals surface area contributed by atoms with Crippen LogP contribution in [0.2, 0.25) is 0 Å². The van der Waals surface area contributed by atoms with Crippen LogP contribution in [-0.4, -0.2) is 38.1 Å². The summed E-state index contributed by atoms with van der Waals surface area (Å²) in [6, 6.07) is 17.1. The van der Waals surface area contributed by atoms with E-state index in [-0.39, 0.29) is 18.4 Å². The molecule has 3 N–H and O–H groups in total. The van der Waals surface area contributed by atoms with Crippen LogP contribution in [0.25, 0.3) is 0 Å². The predicted molar refractivity (Wildman–Crippen MR) is 100 cm³/mol. The SMILES string of the molecule is CN(C)CCOc1ccccc1CNC(=O)CC(N)c1ccccc1. The van der Waals surface area contributed by atoms with E-state index < -0.39 is 0 Å². The quantitative estimate of drug-likeness (QED) is 0.735. The minimum absolute atomic E-state index is 0.0700. The van der Waals surface area contributed by atoms with Crippen molar-refractivity contribution in [3.8, 4) is 5.75 Å². The molecule has 2 rings (SSSR count). The summed E-state index contributed by atoms with van der Waals surface area (Å²) in [6.45, 7) is 1.88. The molecule has 2 aromatic carbocycles. The highest BCUT2D eigenvalue weighted by molar-refractivity contribution is 5.76.